The molecule has 0 atom stereocenters. The summed E-state index contributed by atoms with van der Waals surface area (Å²) in [5.74, 6) is 0. The number of hydrogen-bond acceptors (Lipinski definition) is 4. The fourth-order valence-corrected chi connectivity index (χ4v) is 9.14. The Labute approximate surface area is 415 Å². The van der Waals surface area contributed by atoms with Gasteiger partial charge in [0.05, 0.1) is 0 Å². The molecule has 1 aliphatic heterocycles. The van der Waals surface area contributed by atoms with Crippen molar-refractivity contribution in [2.24, 2.45) is 0 Å². The molecule has 1 aliphatic rings. The van der Waals surface area contributed by atoms with Gasteiger partial charge in [-0.1, -0.05) is 209 Å². The number of piperazine rings is 1. The highest BCUT2D eigenvalue weighted by atomic mass is 15.2. The number of allylic oxidation sites excluding steroid dienone is 12. The van der Waals surface area contributed by atoms with Crippen LogP contribution in [0.5, 0.6) is 0 Å². The lowest BCUT2D eigenvalue weighted by Gasteiger charge is -2.32. The molecule has 1 heterocycles. The lowest BCUT2D eigenvalue weighted by molar-refractivity contribution is 0.163. The van der Waals surface area contributed by atoms with E-state index in [1.807, 2.05) is 0 Å². The number of unbranched alkanes of at least 4 members (excludes halogenated alkanes) is 27. The molecule has 0 aliphatic carbocycles. The van der Waals surface area contributed by atoms with Gasteiger partial charge in [-0.05, 0) is 135 Å². The molecule has 0 amide bonds. The molecule has 1 rings (SSSR count). The fraction of sp³-hybridized carbons (Fsp3) is 0.806. The van der Waals surface area contributed by atoms with E-state index in [-0.39, 0.29) is 0 Å². The first kappa shape index (κ1) is 62.3. The van der Waals surface area contributed by atoms with Crippen LogP contribution in [-0.4, -0.2) is 86.7 Å². The Balaban J connectivity index is 2.48. The van der Waals surface area contributed by atoms with Crippen molar-refractivity contribution in [3.63, 3.8) is 0 Å². The predicted molar refractivity (Wildman–Crippen MR) is 300 cm³/mol. The normalized spacial score (nSPS) is 14.3. The molecule has 0 spiro atoms. The highest BCUT2D eigenvalue weighted by Crippen LogP contribution is 2.14. The molecule has 66 heavy (non-hydrogen) atoms. The van der Waals surface area contributed by atoms with Gasteiger partial charge >= 0.3 is 0 Å². The molecule has 0 radical (unpaired) electrons. The average molecular weight is 918 g/mol. The van der Waals surface area contributed by atoms with E-state index in [2.05, 4.69) is 114 Å². The summed E-state index contributed by atoms with van der Waals surface area (Å²) in [6.45, 7) is 20.4. The standard InChI is InChI=1S/C62H116N4/c1-4-7-10-13-16-19-22-25-28-31-34-37-40-43-46-49-54-64(55-50-47-44-41-38-35-32-29-26-23-20-17-14-11-8-5-2)59-60-65(61-62-66-57-52-63-53-58-66)56-51-48-45-42-39-36-33-30-27-24-21-18-15-12-9-6-3/h16-21,25-30,63H,4-15,22-24,31-62H2,1-3H3/b19-16-,20-17-,21-18-,28-25-,29-26-,30-27-. The predicted octanol–water partition coefficient (Wildman–Crippen LogP) is 17.9. The molecule has 0 aromatic heterocycles. The number of nitrogens with zero attached hydrogens (tertiary/aromatic N) is 3. The zero-order valence-corrected chi connectivity index (χ0v) is 45.0. The van der Waals surface area contributed by atoms with E-state index < -0.39 is 0 Å². The lowest BCUT2D eigenvalue weighted by Crippen LogP contribution is -2.47. The van der Waals surface area contributed by atoms with Gasteiger partial charge in [0.25, 0.3) is 0 Å². The lowest BCUT2D eigenvalue weighted by atomic mass is 10.1. The van der Waals surface area contributed by atoms with Gasteiger partial charge in [0.1, 0.15) is 0 Å². The third-order valence-electron chi connectivity index (χ3n) is 13.7. The number of hydrogen-bond donors (Lipinski definition) is 1. The maximum atomic E-state index is 3.56. The van der Waals surface area contributed by atoms with Crippen molar-refractivity contribution in [3.05, 3.63) is 72.9 Å². The van der Waals surface area contributed by atoms with E-state index in [1.54, 1.807) is 0 Å². The second-order valence-electron chi connectivity index (χ2n) is 20.0. The van der Waals surface area contributed by atoms with Crippen molar-refractivity contribution < 1.29 is 0 Å². The first-order valence-corrected chi connectivity index (χ1v) is 29.6. The van der Waals surface area contributed by atoms with Crippen molar-refractivity contribution in [3.8, 4) is 0 Å². The van der Waals surface area contributed by atoms with Crippen molar-refractivity contribution in [1.29, 1.82) is 0 Å². The van der Waals surface area contributed by atoms with Gasteiger partial charge in [0.15, 0.2) is 0 Å². The smallest absolute Gasteiger partial charge is 0.0110 e. The van der Waals surface area contributed by atoms with E-state index in [4.69, 9.17) is 0 Å². The van der Waals surface area contributed by atoms with Gasteiger partial charge in [0, 0.05) is 52.4 Å². The first-order chi connectivity index (χ1) is 32.8. The molecule has 1 saturated heterocycles. The molecule has 384 valence electrons. The Bertz CT molecular complexity index is 1060. The van der Waals surface area contributed by atoms with E-state index in [0.29, 0.717) is 0 Å². The minimum absolute atomic E-state index is 1.11. The Morgan fingerprint density at radius 1 is 0.303 bits per heavy atom. The maximum absolute atomic E-state index is 3.56. The zero-order valence-electron chi connectivity index (χ0n) is 45.0. The largest absolute Gasteiger partial charge is 0.314 e. The Kier molecular flexibility index (Phi) is 51.2. The van der Waals surface area contributed by atoms with Crippen LogP contribution in [0.25, 0.3) is 0 Å². The third-order valence-corrected chi connectivity index (χ3v) is 13.7. The first-order valence-electron chi connectivity index (χ1n) is 29.6. The van der Waals surface area contributed by atoms with Crippen LogP contribution >= 0.6 is 0 Å². The minimum atomic E-state index is 1.11. The van der Waals surface area contributed by atoms with Crippen LogP contribution in [0.2, 0.25) is 0 Å². The van der Waals surface area contributed by atoms with E-state index in [1.165, 1.54) is 271 Å². The molecular weight excluding hydrogens is 801 g/mol. The topological polar surface area (TPSA) is 21.8 Å². The van der Waals surface area contributed by atoms with Gasteiger partial charge in [-0.25, -0.2) is 0 Å². The highest BCUT2D eigenvalue weighted by molar-refractivity contribution is 4.94. The van der Waals surface area contributed by atoms with E-state index in [0.717, 1.165) is 32.4 Å². The van der Waals surface area contributed by atoms with Gasteiger partial charge in [-0.15, -0.1) is 0 Å². The second-order valence-corrected chi connectivity index (χ2v) is 20.0. The van der Waals surface area contributed by atoms with Crippen molar-refractivity contribution in [1.82, 2.24) is 20.0 Å². The molecule has 4 heteroatoms. The average Bonchev–Trinajstić information content (AvgIpc) is 3.34. The summed E-state index contributed by atoms with van der Waals surface area (Å²) < 4.78 is 0. The Morgan fingerprint density at radius 2 is 0.576 bits per heavy atom. The van der Waals surface area contributed by atoms with E-state index in [9.17, 15) is 0 Å². The van der Waals surface area contributed by atoms with Crippen LogP contribution in [0.3, 0.4) is 0 Å². The highest BCUT2D eigenvalue weighted by Gasteiger charge is 2.14. The summed E-state index contributed by atoms with van der Waals surface area (Å²) >= 11 is 0. The van der Waals surface area contributed by atoms with Crippen molar-refractivity contribution in [2.75, 3.05) is 72.0 Å². The SMILES string of the molecule is CCCCC/C=C\C/C=C\CCCCCCCCN(CCCCCCCC/C=C\C/C=C\CCCCC)CCN(CCCCCCCC/C=C\C/C=C\CCCCC)CCN1CCNCC1. The molecule has 0 bridgehead atoms. The monoisotopic (exact) mass is 917 g/mol. The molecule has 0 aromatic carbocycles. The van der Waals surface area contributed by atoms with Crippen molar-refractivity contribution >= 4 is 0 Å². The molecule has 0 unspecified atom stereocenters. The third kappa shape index (κ3) is 47.4. The molecular formula is C62H116N4. The summed E-state index contributed by atoms with van der Waals surface area (Å²) in [6.07, 6.45) is 76.6. The Morgan fingerprint density at radius 3 is 0.894 bits per heavy atom. The van der Waals surface area contributed by atoms with Gasteiger partial charge in [0.2, 0.25) is 0 Å². The second kappa shape index (κ2) is 54.2. The zero-order chi connectivity index (χ0) is 47.2. The minimum Gasteiger partial charge on any atom is -0.314 e. The van der Waals surface area contributed by atoms with Crippen LogP contribution in [0, 0.1) is 0 Å². The fourth-order valence-electron chi connectivity index (χ4n) is 9.14. The van der Waals surface area contributed by atoms with Crippen LogP contribution < -0.4 is 5.32 Å². The quantitative estimate of drug-likeness (QED) is 0.0485. The van der Waals surface area contributed by atoms with E-state index >= 15 is 0 Å². The van der Waals surface area contributed by atoms with Crippen LogP contribution in [0.1, 0.15) is 252 Å². The molecule has 1 N–H and O–H groups in total. The molecule has 1 fully saturated rings. The maximum Gasteiger partial charge on any atom is 0.0110 e. The molecule has 0 saturated carbocycles. The summed E-state index contributed by atoms with van der Waals surface area (Å²) in [4.78, 5) is 8.44. The summed E-state index contributed by atoms with van der Waals surface area (Å²) in [7, 11) is 0. The molecule has 0 aromatic rings. The van der Waals surface area contributed by atoms with Crippen molar-refractivity contribution in [2.45, 2.75) is 252 Å². The summed E-state index contributed by atoms with van der Waals surface area (Å²) in [6, 6.07) is 0. The summed E-state index contributed by atoms with van der Waals surface area (Å²) in [5.41, 5.74) is 0. The van der Waals surface area contributed by atoms with Crippen LogP contribution in [-0.2, 0) is 0 Å². The van der Waals surface area contributed by atoms with Crippen LogP contribution in [0.4, 0.5) is 0 Å². The molecule has 4 nitrogen and oxygen atoms in total. The Hall–Kier alpha value is -1.72. The van der Waals surface area contributed by atoms with Gasteiger partial charge in [-0.3, -0.25) is 4.90 Å². The number of rotatable bonds is 51. The van der Waals surface area contributed by atoms with Gasteiger partial charge in [-0.2, -0.15) is 0 Å². The van der Waals surface area contributed by atoms with Crippen LogP contribution in [0.15, 0.2) is 72.9 Å². The number of nitrogens with one attached hydrogen (secondary N) is 1. The summed E-state index contributed by atoms with van der Waals surface area (Å²) in [5, 5.41) is 3.56. The van der Waals surface area contributed by atoms with Gasteiger partial charge < -0.3 is 15.1 Å².